The molecule has 5 nitrogen and oxygen atoms in total. The van der Waals surface area contributed by atoms with E-state index in [1.54, 1.807) is 17.4 Å². The van der Waals surface area contributed by atoms with Crippen LogP contribution in [0.3, 0.4) is 0 Å². The molecule has 0 spiro atoms. The van der Waals surface area contributed by atoms with Gasteiger partial charge in [0.15, 0.2) is 0 Å². The number of hydrogen-bond donors (Lipinski definition) is 0. The lowest BCUT2D eigenvalue weighted by Crippen LogP contribution is -2.22. The Labute approximate surface area is 186 Å². The van der Waals surface area contributed by atoms with Crippen LogP contribution in [0.5, 0.6) is 0 Å². The Hall–Kier alpha value is -1.70. The van der Waals surface area contributed by atoms with Crippen LogP contribution in [-0.2, 0) is 33.8 Å². The second-order valence-electron chi connectivity index (χ2n) is 8.67. The lowest BCUT2D eigenvalue weighted by atomic mass is 10.0. The smallest absolute Gasteiger partial charge is 0.331 e. The van der Waals surface area contributed by atoms with Gasteiger partial charge < -0.3 is 14.0 Å². The zero-order valence-electron chi connectivity index (χ0n) is 19.1. The van der Waals surface area contributed by atoms with Gasteiger partial charge in [-0.1, -0.05) is 33.0 Å². The SMILES string of the molecule is CCCCc1ncc(/C(=C/C(=O)OCC)Cc2ccsc2)n1COCC[Si](C)(C)C. The molecule has 0 aliphatic heterocycles. The summed E-state index contributed by atoms with van der Waals surface area (Å²) in [5, 5.41) is 4.17. The maximum atomic E-state index is 12.3. The van der Waals surface area contributed by atoms with Crippen molar-refractivity contribution in [3.8, 4) is 0 Å². The van der Waals surface area contributed by atoms with Crippen LogP contribution in [0.25, 0.3) is 5.57 Å². The Morgan fingerprint density at radius 3 is 2.73 bits per heavy atom. The van der Waals surface area contributed by atoms with Crippen LogP contribution in [0.2, 0.25) is 25.7 Å². The number of esters is 1. The predicted octanol–water partition coefficient (Wildman–Crippen LogP) is 5.79. The Balaban J connectivity index is 2.30. The van der Waals surface area contributed by atoms with Crippen LogP contribution in [-0.4, -0.2) is 36.8 Å². The van der Waals surface area contributed by atoms with Crippen molar-refractivity contribution in [2.45, 2.75) is 71.9 Å². The zero-order chi connectivity index (χ0) is 22.0. The summed E-state index contributed by atoms with van der Waals surface area (Å²) < 4.78 is 13.4. The number of thiophene rings is 1. The van der Waals surface area contributed by atoms with Gasteiger partial charge in [0.25, 0.3) is 0 Å². The summed E-state index contributed by atoms with van der Waals surface area (Å²) in [7, 11) is -1.14. The highest BCUT2D eigenvalue weighted by molar-refractivity contribution is 7.07. The van der Waals surface area contributed by atoms with Gasteiger partial charge in [-0.05, 0) is 47.4 Å². The normalized spacial score (nSPS) is 12.4. The standard InChI is InChI=1S/C23H36N2O3SSi/c1-6-8-9-22-24-16-21(25(22)18-27-11-13-30(3,4)5)20(15-23(26)28-7-2)14-19-10-12-29-17-19/h10,12,15-17H,6-9,11,13-14,18H2,1-5H3/b20-15+. The molecule has 0 bridgehead atoms. The number of unbranched alkanes of at least 4 members (excludes halogenated alkanes) is 1. The summed E-state index contributed by atoms with van der Waals surface area (Å²) in [6.45, 7) is 12.6. The monoisotopic (exact) mass is 448 g/mol. The van der Waals surface area contributed by atoms with E-state index in [9.17, 15) is 4.79 Å². The third kappa shape index (κ3) is 8.20. The van der Waals surface area contributed by atoms with E-state index >= 15 is 0 Å². The molecule has 30 heavy (non-hydrogen) atoms. The summed E-state index contributed by atoms with van der Waals surface area (Å²) >= 11 is 1.66. The zero-order valence-corrected chi connectivity index (χ0v) is 20.9. The van der Waals surface area contributed by atoms with Crippen molar-refractivity contribution in [2.75, 3.05) is 13.2 Å². The topological polar surface area (TPSA) is 53.3 Å². The van der Waals surface area contributed by atoms with Crippen LogP contribution in [0.1, 0.15) is 43.8 Å². The van der Waals surface area contributed by atoms with E-state index in [-0.39, 0.29) is 5.97 Å². The van der Waals surface area contributed by atoms with Crippen molar-refractivity contribution in [1.29, 1.82) is 0 Å². The van der Waals surface area contributed by atoms with Crippen molar-refractivity contribution in [1.82, 2.24) is 9.55 Å². The van der Waals surface area contributed by atoms with E-state index in [0.717, 1.165) is 49.0 Å². The third-order valence-electron chi connectivity index (χ3n) is 4.79. The fraction of sp³-hybridized carbons (Fsp3) is 0.565. The van der Waals surface area contributed by atoms with Gasteiger partial charge in [0, 0.05) is 33.6 Å². The molecule has 0 N–H and O–H groups in total. The van der Waals surface area contributed by atoms with Gasteiger partial charge in [0.2, 0.25) is 0 Å². The lowest BCUT2D eigenvalue weighted by Gasteiger charge is -2.18. The highest BCUT2D eigenvalue weighted by atomic mass is 32.1. The van der Waals surface area contributed by atoms with E-state index in [1.165, 1.54) is 5.56 Å². The second-order valence-corrected chi connectivity index (χ2v) is 15.1. The van der Waals surface area contributed by atoms with E-state index in [2.05, 4.69) is 52.9 Å². The first-order chi connectivity index (χ1) is 14.3. The van der Waals surface area contributed by atoms with Crippen molar-refractivity contribution in [3.05, 3.63) is 46.2 Å². The van der Waals surface area contributed by atoms with Gasteiger partial charge in [-0.25, -0.2) is 9.78 Å². The van der Waals surface area contributed by atoms with Crippen LogP contribution in [0.4, 0.5) is 0 Å². The molecule has 0 aliphatic rings. The third-order valence-corrected chi connectivity index (χ3v) is 7.23. The number of aryl methyl sites for hydroxylation is 1. The Kier molecular flexibility index (Phi) is 10.0. The number of carbonyl (C=O) groups is 1. The van der Waals surface area contributed by atoms with Crippen LogP contribution in [0, 0.1) is 0 Å². The molecule has 0 saturated carbocycles. The Morgan fingerprint density at radius 1 is 1.30 bits per heavy atom. The molecule has 7 heteroatoms. The number of ether oxygens (including phenoxy) is 2. The van der Waals surface area contributed by atoms with Crippen LogP contribution >= 0.6 is 11.3 Å². The van der Waals surface area contributed by atoms with Crippen molar-refractivity contribution >= 4 is 31.0 Å². The quantitative estimate of drug-likeness (QED) is 0.168. The molecule has 2 aromatic rings. The molecule has 0 aromatic carbocycles. The first-order valence-corrected chi connectivity index (χ1v) is 15.5. The number of hydrogen-bond acceptors (Lipinski definition) is 5. The Bertz CT molecular complexity index is 807. The second kappa shape index (κ2) is 12.2. The highest BCUT2D eigenvalue weighted by Gasteiger charge is 2.17. The molecule has 0 fully saturated rings. The summed E-state index contributed by atoms with van der Waals surface area (Å²) in [6.07, 6.45) is 7.24. The molecule has 0 saturated heterocycles. The number of allylic oxidation sites excluding steroid dienone is 1. The molecular weight excluding hydrogens is 412 g/mol. The first kappa shape index (κ1) is 24.6. The molecule has 0 atom stereocenters. The summed E-state index contributed by atoms with van der Waals surface area (Å²) in [4.78, 5) is 16.9. The van der Waals surface area contributed by atoms with Crippen molar-refractivity contribution in [2.24, 2.45) is 0 Å². The largest absolute Gasteiger partial charge is 0.463 e. The molecule has 166 valence electrons. The Morgan fingerprint density at radius 2 is 2.10 bits per heavy atom. The molecular formula is C23H36N2O3SSi. The maximum Gasteiger partial charge on any atom is 0.331 e. The summed E-state index contributed by atoms with van der Waals surface area (Å²) in [5.41, 5.74) is 3.03. The van der Waals surface area contributed by atoms with E-state index in [4.69, 9.17) is 9.47 Å². The van der Waals surface area contributed by atoms with Crippen LogP contribution in [0.15, 0.2) is 29.1 Å². The number of carbonyl (C=O) groups excluding carboxylic acids is 1. The molecule has 0 aliphatic carbocycles. The van der Waals surface area contributed by atoms with E-state index in [1.807, 2.05) is 13.1 Å². The van der Waals surface area contributed by atoms with Gasteiger partial charge in [-0.3, -0.25) is 0 Å². The first-order valence-electron chi connectivity index (χ1n) is 10.8. The van der Waals surface area contributed by atoms with Crippen LogP contribution < -0.4 is 0 Å². The van der Waals surface area contributed by atoms with Gasteiger partial charge in [-0.15, -0.1) is 0 Å². The minimum Gasteiger partial charge on any atom is -0.463 e. The minimum atomic E-state index is -1.14. The molecule has 2 rings (SSSR count). The average molecular weight is 449 g/mol. The number of nitrogens with zero attached hydrogens (tertiary/aromatic N) is 2. The molecule has 2 heterocycles. The summed E-state index contributed by atoms with van der Waals surface area (Å²) in [5.74, 6) is 0.699. The average Bonchev–Trinajstić information content (AvgIpc) is 3.32. The van der Waals surface area contributed by atoms with Gasteiger partial charge in [0.05, 0.1) is 18.5 Å². The lowest BCUT2D eigenvalue weighted by molar-refractivity contribution is -0.137. The number of rotatable bonds is 13. The fourth-order valence-corrected chi connectivity index (χ4v) is 4.46. The number of imidazole rings is 1. The van der Waals surface area contributed by atoms with Crippen molar-refractivity contribution < 1.29 is 14.3 Å². The number of aromatic nitrogens is 2. The predicted molar refractivity (Wildman–Crippen MR) is 128 cm³/mol. The minimum absolute atomic E-state index is 0.315. The summed E-state index contributed by atoms with van der Waals surface area (Å²) in [6, 6.07) is 3.22. The van der Waals surface area contributed by atoms with E-state index in [0.29, 0.717) is 19.8 Å². The van der Waals surface area contributed by atoms with Gasteiger partial charge >= 0.3 is 5.97 Å². The highest BCUT2D eigenvalue weighted by Crippen LogP contribution is 2.24. The maximum absolute atomic E-state index is 12.3. The molecule has 0 radical (unpaired) electrons. The van der Waals surface area contributed by atoms with Gasteiger partial charge in [-0.2, -0.15) is 11.3 Å². The van der Waals surface area contributed by atoms with Gasteiger partial charge in [0.1, 0.15) is 12.6 Å². The fourth-order valence-electron chi connectivity index (χ4n) is 3.04. The van der Waals surface area contributed by atoms with Crippen molar-refractivity contribution in [3.63, 3.8) is 0 Å². The molecule has 0 amide bonds. The van der Waals surface area contributed by atoms with E-state index < -0.39 is 8.07 Å². The molecule has 0 unspecified atom stereocenters. The molecule has 2 aromatic heterocycles.